The molecule has 1 aromatic carbocycles. The van der Waals surface area contributed by atoms with Crippen LogP contribution >= 0.6 is 0 Å². The van der Waals surface area contributed by atoms with E-state index in [1.165, 1.54) is 43.4 Å². The van der Waals surface area contributed by atoms with Gasteiger partial charge in [-0.25, -0.2) is 0 Å². The van der Waals surface area contributed by atoms with Crippen molar-refractivity contribution in [3.05, 3.63) is 29.3 Å². The van der Waals surface area contributed by atoms with Gasteiger partial charge in [-0.15, -0.1) is 0 Å². The van der Waals surface area contributed by atoms with Crippen LogP contribution in [-0.4, -0.2) is 30.6 Å². The Kier molecular flexibility index (Phi) is 3.99. The van der Waals surface area contributed by atoms with E-state index in [0.29, 0.717) is 6.04 Å². The Morgan fingerprint density at radius 2 is 2.10 bits per heavy atom. The summed E-state index contributed by atoms with van der Waals surface area (Å²) in [4.78, 5) is 2.67. The molecule has 2 unspecified atom stereocenters. The molecule has 3 nitrogen and oxygen atoms in total. The normalized spacial score (nSPS) is 25.6. The second-order valence-electron chi connectivity index (χ2n) is 6.17. The number of rotatable bonds is 5. The van der Waals surface area contributed by atoms with Crippen molar-refractivity contribution < 1.29 is 4.74 Å². The molecule has 0 amide bonds. The summed E-state index contributed by atoms with van der Waals surface area (Å²) >= 11 is 0. The molecule has 3 heteroatoms. The van der Waals surface area contributed by atoms with Gasteiger partial charge in [-0.05, 0) is 61.9 Å². The average molecular weight is 274 g/mol. The highest BCUT2D eigenvalue weighted by molar-refractivity contribution is 5.40. The summed E-state index contributed by atoms with van der Waals surface area (Å²) in [6, 6.07) is 7.80. The van der Waals surface area contributed by atoms with E-state index in [9.17, 15) is 0 Å². The van der Waals surface area contributed by atoms with Crippen LogP contribution in [0.2, 0.25) is 0 Å². The lowest BCUT2D eigenvalue weighted by Gasteiger charge is -2.39. The largest absolute Gasteiger partial charge is 0.497 e. The van der Waals surface area contributed by atoms with Gasteiger partial charge in [0.05, 0.1) is 7.11 Å². The summed E-state index contributed by atoms with van der Waals surface area (Å²) < 4.78 is 5.36. The zero-order valence-electron chi connectivity index (χ0n) is 12.6. The number of methoxy groups -OCH3 is 1. The molecular weight excluding hydrogens is 248 g/mol. The van der Waals surface area contributed by atoms with Crippen molar-refractivity contribution in [1.29, 1.82) is 0 Å². The molecule has 2 aliphatic carbocycles. The highest BCUT2D eigenvalue weighted by Gasteiger charge is 2.38. The number of hydrogen-bond acceptors (Lipinski definition) is 3. The predicted molar refractivity (Wildman–Crippen MR) is 82.1 cm³/mol. The monoisotopic (exact) mass is 274 g/mol. The van der Waals surface area contributed by atoms with Crippen LogP contribution in [0.5, 0.6) is 5.75 Å². The topological polar surface area (TPSA) is 38.5 Å². The van der Waals surface area contributed by atoms with Crippen molar-refractivity contribution in [2.24, 2.45) is 5.73 Å². The van der Waals surface area contributed by atoms with Gasteiger partial charge >= 0.3 is 0 Å². The van der Waals surface area contributed by atoms with Gasteiger partial charge in [-0.1, -0.05) is 13.0 Å². The molecule has 2 atom stereocenters. The fourth-order valence-corrected chi connectivity index (χ4v) is 3.58. The zero-order valence-corrected chi connectivity index (χ0v) is 12.6. The lowest BCUT2D eigenvalue weighted by atomic mass is 9.83. The Balaban J connectivity index is 1.84. The maximum atomic E-state index is 6.61. The van der Waals surface area contributed by atoms with Gasteiger partial charge in [0.2, 0.25) is 0 Å². The fraction of sp³-hybridized carbons (Fsp3) is 0.647. The third-order valence-corrected chi connectivity index (χ3v) is 4.76. The average Bonchev–Trinajstić information content (AvgIpc) is 3.30. The minimum Gasteiger partial charge on any atom is -0.497 e. The molecule has 0 spiro atoms. The lowest BCUT2D eigenvalue weighted by Crippen LogP contribution is -2.46. The predicted octanol–water partition coefficient (Wildman–Crippen LogP) is 2.88. The van der Waals surface area contributed by atoms with E-state index in [1.807, 2.05) is 0 Å². The van der Waals surface area contributed by atoms with Crippen LogP contribution in [0, 0.1) is 0 Å². The fourth-order valence-electron chi connectivity index (χ4n) is 3.58. The maximum Gasteiger partial charge on any atom is 0.119 e. The SMILES string of the molecule is CCCN(C1CC1)C1CCc2ccc(OC)cc2C1N. The standard InChI is InChI=1S/C17H26N2O/c1-3-10-19(13-6-7-13)16-9-5-12-4-8-14(20-2)11-15(12)17(16)18/h4,8,11,13,16-17H,3,5-7,9-10,18H2,1-2H3. The second kappa shape index (κ2) is 5.74. The lowest BCUT2D eigenvalue weighted by molar-refractivity contribution is 0.146. The summed E-state index contributed by atoms with van der Waals surface area (Å²) in [5, 5.41) is 0. The highest BCUT2D eigenvalue weighted by atomic mass is 16.5. The summed E-state index contributed by atoms with van der Waals surface area (Å²) in [7, 11) is 1.72. The molecule has 2 N–H and O–H groups in total. The van der Waals surface area contributed by atoms with Crippen LogP contribution in [0.1, 0.15) is 49.8 Å². The van der Waals surface area contributed by atoms with Gasteiger partial charge in [-0.3, -0.25) is 4.90 Å². The van der Waals surface area contributed by atoms with Crippen molar-refractivity contribution in [1.82, 2.24) is 4.90 Å². The Bertz CT molecular complexity index is 470. The van der Waals surface area contributed by atoms with Crippen LogP contribution in [0.25, 0.3) is 0 Å². The van der Waals surface area contributed by atoms with Crippen LogP contribution in [0.3, 0.4) is 0 Å². The Morgan fingerprint density at radius 3 is 2.75 bits per heavy atom. The molecule has 20 heavy (non-hydrogen) atoms. The Hall–Kier alpha value is -1.06. The first-order valence-electron chi connectivity index (χ1n) is 7.92. The first-order valence-corrected chi connectivity index (χ1v) is 7.92. The van der Waals surface area contributed by atoms with Gasteiger partial charge < -0.3 is 10.5 Å². The van der Waals surface area contributed by atoms with Gasteiger partial charge in [0, 0.05) is 18.1 Å². The van der Waals surface area contributed by atoms with Gasteiger partial charge in [-0.2, -0.15) is 0 Å². The number of aryl methyl sites for hydroxylation is 1. The third kappa shape index (κ3) is 2.57. The molecule has 0 saturated heterocycles. The van der Waals surface area contributed by atoms with E-state index in [1.54, 1.807) is 7.11 Å². The van der Waals surface area contributed by atoms with Crippen LogP contribution in [-0.2, 0) is 6.42 Å². The van der Waals surface area contributed by atoms with Crippen molar-refractivity contribution in [2.45, 2.75) is 57.2 Å². The number of hydrogen-bond donors (Lipinski definition) is 1. The van der Waals surface area contributed by atoms with Crippen molar-refractivity contribution in [3.63, 3.8) is 0 Å². The van der Waals surface area contributed by atoms with Crippen molar-refractivity contribution in [2.75, 3.05) is 13.7 Å². The molecular formula is C17H26N2O. The molecule has 1 fully saturated rings. The molecule has 0 radical (unpaired) electrons. The van der Waals surface area contributed by atoms with Crippen LogP contribution < -0.4 is 10.5 Å². The molecule has 0 bridgehead atoms. The number of fused-ring (bicyclic) bond motifs is 1. The maximum absolute atomic E-state index is 6.61. The van der Waals surface area contributed by atoms with E-state index >= 15 is 0 Å². The summed E-state index contributed by atoms with van der Waals surface area (Å²) in [6.45, 7) is 3.45. The Labute approximate surface area is 122 Å². The van der Waals surface area contributed by atoms with Crippen LogP contribution in [0.15, 0.2) is 18.2 Å². The molecule has 1 saturated carbocycles. The number of benzene rings is 1. The molecule has 110 valence electrons. The molecule has 2 aliphatic rings. The van der Waals surface area contributed by atoms with E-state index in [0.717, 1.165) is 18.2 Å². The number of ether oxygens (including phenoxy) is 1. The van der Waals surface area contributed by atoms with E-state index in [-0.39, 0.29) is 6.04 Å². The first kappa shape index (κ1) is 13.9. The van der Waals surface area contributed by atoms with Crippen molar-refractivity contribution >= 4 is 0 Å². The summed E-state index contributed by atoms with van der Waals surface area (Å²) in [5.41, 5.74) is 9.31. The first-order chi connectivity index (χ1) is 9.74. The quantitative estimate of drug-likeness (QED) is 0.897. The van der Waals surface area contributed by atoms with E-state index < -0.39 is 0 Å². The zero-order chi connectivity index (χ0) is 14.1. The van der Waals surface area contributed by atoms with Gasteiger partial charge in [0.1, 0.15) is 5.75 Å². The second-order valence-corrected chi connectivity index (χ2v) is 6.17. The van der Waals surface area contributed by atoms with E-state index in [2.05, 4.69) is 30.0 Å². The minimum absolute atomic E-state index is 0.126. The van der Waals surface area contributed by atoms with Gasteiger partial charge in [0.25, 0.3) is 0 Å². The molecule has 1 aromatic rings. The molecule has 0 aliphatic heterocycles. The highest BCUT2D eigenvalue weighted by Crippen LogP contribution is 2.38. The molecule has 0 aromatic heterocycles. The summed E-state index contributed by atoms with van der Waals surface area (Å²) in [6.07, 6.45) is 6.26. The van der Waals surface area contributed by atoms with Crippen molar-refractivity contribution in [3.8, 4) is 5.75 Å². The molecule has 0 heterocycles. The van der Waals surface area contributed by atoms with E-state index in [4.69, 9.17) is 10.5 Å². The molecule has 3 rings (SSSR count). The minimum atomic E-state index is 0.126. The Morgan fingerprint density at radius 1 is 1.30 bits per heavy atom. The van der Waals surface area contributed by atoms with Gasteiger partial charge in [0.15, 0.2) is 0 Å². The smallest absolute Gasteiger partial charge is 0.119 e. The summed E-state index contributed by atoms with van der Waals surface area (Å²) in [5.74, 6) is 0.924. The third-order valence-electron chi connectivity index (χ3n) is 4.76. The number of nitrogens with zero attached hydrogens (tertiary/aromatic N) is 1. The van der Waals surface area contributed by atoms with Crippen LogP contribution in [0.4, 0.5) is 0 Å². The number of nitrogens with two attached hydrogens (primary N) is 1.